The number of benzene rings is 1. The van der Waals surface area contributed by atoms with E-state index < -0.39 is 8.32 Å². The van der Waals surface area contributed by atoms with Crippen molar-refractivity contribution in [2.24, 2.45) is 0 Å². The molecule has 0 bridgehead atoms. The van der Waals surface area contributed by atoms with Crippen LogP contribution in [0.3, 0.4) is 0 Å². The lowest BCUT2D eigenvalue weighted by atomic mass is 10.2. The lowest BCUT2D eigenvalue weighted by Crippen LogP contribution is -2.34. The zero-order chi connectivity index (χ0) is 12.0. The SMILES string of the molecule is C=C(O[Si](CC)(CC)CC)c1ccccc1. The van der Waals surface area contributed by atoms with Gasteiger partial charge in [-0.05, 0) is 18.1 Å². The maximum absolute atomic E-state index is 6.22. The van der Waals surface area contributed by atoms with E-state index >= 15 is 0 Å². The van der Waals surface area contributed by atoms with Crippen molar-refractivity contribution in [3.8, 4) is 0 Å². The Morgan fingerprint density at radius 1 is 1.06 bits per heavy atom. The van der Waals surface area contributed by atoms with E-state index in [4.69, 9.17) is 4.43 Å². The Hall–Kier alpha value is -1.02. The molecule has 1 nitrogen and oxygen atoms in total. The highest BCUT2D eigenvalue weighted by molar-refractivity contribution is 6.74. The third-order valence-electron chi connectivity index (χ3n) is 3.37. The molecule has 0 unspecified atom stereocenters. The lowest BCUT2D eigenvalue weighted by Gasteiger charge is -2.30. The topological polar surface area (TPSA) is 9.23 Å². The molecule has 1 aromatic rings. The van der Waals surface area contributed by atoms with Crippen molar-refractivity contribution in [2.45, 2.75) is 38.9 Å². The normalized spacial score (nSPS) is 11.2. The minimum absolute atomic E-state index is 0.845. The average molecular weight is 234 g/mol. The van der Waals surface area contributed by atoms with Gasteiger partial charge in [0.2, 0.25) is 8.32 Å². The molecule has 0 radical (unpaired) electrons. The molecular formula is C14H22OSi. The summed E-state index contributed by atoms with van der Waals surface area (Å²) in [6.07, 6.45) is 0. The smallest absolute Gasteiger partial charge is 0.250 e. The molecule has 0 aromatic heterocycles. The highest BCUT2D eigenvalue weighted by atomic mass is 28.4. The van der Waals surface area contributed by atoms with Crippen LogP contribution in [0.4, 0.5) is 0 Å². The maximum atomic E-state index is 6.22. The zero-order valence-corrected chi connectivity index (χ0v) is 11.6. The Bertz CT molecular complexity index is 320. The number of hydrogen-bond donors (Lipinski definition) is 0. The van der Waals surface area contributed by atoms with Crippen molar-refractivity contribution in [2.75, 3.05) is 0 Å². The molecule has 1 aromatic carbocycles. The van der Waals surface area contributed by atoms with Crippen molar-refractivity contribution in [1.29, 1.82) is 0 Å². The van der Waals surface area contributed by atoms with Crippen LogP contribution in [0.15, 0.2) is 36.9 Å². The molecule has 0 aliphatic carbocycles. The Morgan fingerprint density at radius 2 is 1.56 bits per heavy atom. The van der Waals surface area contributed by atoms with Gasteiger partial charge in [-0.3, -0.25) is 0 Å². The molecule has 0 fully saturated rings. The predicted molar refractivity (Wildman–Crippen MR) is 73.8 cm³/mol. The van der Waals surface area contributed by atoms with Gasteiger partial charge in [-0.15, -0.1) is 0 Å². The quantitative estimate of drug-likeness (QED) is 0.513. The summed E-state index contributed by atoms with van der Waals surface area (Å²) in [5.74, 6) is 0.845. The molecule has 88 valence electrons. The van der Waals surface area contributed by atoms with Crippen molar-refractivity contribution in [1.82, 2.24) is 0 Å². The van der Waals surface area contributed by atoms with Crippen molar-refractivity contribution in [3.63, 3.8) is 0 Å². The van der Waals surface area contributed by atoms with Gasteiger partial charge in [-0.2, -0.15) is 0 Å². The largest absolute Gasteiger partial charge is 0.544 e. The number of hydrogen-bond acceptors (Lipinski definition) is 1. The highest BCUT2D eigenvalue weighted by Crippen LogP contribution is 2.27. The minimum atomic E-state index is -1.56. The lowest BCUT2D eigenvalue weighted by molar-refractivity contribution is 0.492. The summed E-state index contributed by atoms with van der Waals surface area (Å²) in [6.45, 7) is 10.8. The van der Waals surface area contributed by atoms with Crippen LogP contribution < -0.4 is 0 Å². The first-order valence-corrected chi connectivity index (χ1v) is 8.63. The molecule has 0 N–H and O–H groups in total. The molecule has 0 aliphatic rings. The van der Waals surface area contributed by atoms with Crippen molar-refractivity contribution >= 4 is 14.1 Å². The zero-order valence-electron chi connectivity index (χ0n) is 10.6. The monoisotopic (exact) mass is 234 g/mol. The second kappa shape index (κ2) is 5.90. The van der Waals surface area contributed by atoms with Gasteiger partial charge in [0.25, 0.3) is 0 Å². The van der Waals surface area contributed by atoms with E-state index in [1.54, 1.807) is 0 Å². The summed E-state index contributed by atoms with van der Waals surface area (Å²) in [6, 6.07) is 13.7. The fraction of sp³-hybridized carbons (Fsp3) is 0.429. The molecule has 0 spiro atoms. The molecule has 0 heterocycles. The average Bonchev–Trinajstić information content (AvgIpc) is 2.37. The van der Waals surface area contributed by atoms with Crippen LogP contribution in [-0.4, -0.2) is 8.32 Å². The predicted octanol–water partition coefficient (Wildman–Crippen LogP) is 4.68. The molecule has 16 heavy (non-hydrogen) atoms. The first-order chi connectivity index (χ1) is 7.67. The third-order valence-corrected chi connectivity index (χ3v) is 7.91. The van der Waals surface area contributed by atoms with Gasteiger partial charge < -0.3 is 4.43 Å². The first kappa shape index (κ1) is 13.0. The molecule has 0 amide bonds. The van der Waals surface area contributed by atoms with Crippen LogP contribution in [0.25, 0.3) is 5.76 Å². The maximum Gasteiger partial charge on any atom is 0.250 e. The summed E-state index contributed by atoms with van der Waals surface area (Å²) in [5.41, 5.74) is 1.11. The second-order valence-corrected chi connectivity index (χ2v) is 8.83. The van der Waals surface area contributed by atoms with Crippen LogP contribution in [0.1, 0.15) is 26.3 Å². The summed E-state index contributed by atoms with van der Waals surface area (Å²) in [5, 5.41) is 0. The fourth-order valence-corrected chi connectivity index (χ4v) is 4.48. The van der Waals surface area contributed by atoms with Gasteiger partial charge in [0.1, 0.15) is 5.76 Å². The summed E-state index contributed by atoms with van der Waals surface area (Å²) < 4.78 is 6.22. The van der Waals surface area contributed by atoms with Gasteiger partial charge in [-0.25, -0.2) is 0 Å². The van der Waals surface area contributed by atoms with Crippen LogP contribution in [-0.2, 0) is 4.43 Å². The van der Waals surface area contributed by atoms with Gasteiger partial charge in [-0.1, -0.05) is 57.7 Å². The summed E-state index contributed by atoms with van der Waals surface area (Å²) in [4.78, 5) is 0. The third kappa shape index (κ3) is 2.98. The molecule has 2 heteroatoms. The van der Waals surface area contributed by atoms with E-state index in [0.29, 0.717) is 0 Å². The Kier molecular flexibility index (Phi) is 4.81. The van der Waals surface area contributed by atoms with Crippen molar-refractivity contribution < 1.29 is 4.43 Å². The van der Waals surface area contributed by atoms with Gasteiger partial charge >= 0.3 is 0 Å². The minimum Gasteiger partial charge on any atom is -0.544 e. The first-order valence-electron chi connectivity index (χ1n) is 6.10. The molecular weight excluding hydrogens is 212 g/mol. The van der Waals surface area contributed by atoms with E-state index in [9.17, 15) is 0 Å². The van der Waals surface area contributed by atoms with Crippen molar-refractivity contribution in [3.05, 3.63) is 42.5 Å². The van der Waals surface area contributed by atoms with E-state index in [1.807, 2.05) is 18.2 Å². The van der Waals surface area contributed by atoms with Gasteiger partial charge in [0.05, 0.1) is 0 Å². The molecule has 0 saturated carbocycles. The second-order valence-electron chi connectivity index (χ2n) is 4.13. The van der Waals surface area contributed by atoms with Crippen LogP contribution >= 0.6 is 0 Å². The molecule has 0 atom stereocenters. The van der Waals surface area contributed by atoms with Crippen LogP contribution in [0, 0.1) is 0 Å². The summed E-state index contributed by atoms with van der Waals surface area (Å²) >= 11 is 0. The van der Waals surface area contributed by atoms with E-state index in [1.165, 1.54) is 0 Å². The fourth-order valence-electron chi connectivity index (χ4n) is 1.91. The van der Waals surface area contributed by atoms with Crippen LogP contribution in [0.2, 0.25) is 18.1 Å². The van der Waals surface area contributed by atoms with E-state index in [-0.39, 0.29) is 0 Å². The molecule has 0 saturated heterocycles. The molecule has 0 aliphatic heterocycles. The van der Waals surface area contributed by atoms with Crippen LogP contribution in [0.5, 0.6) is 0 Å². The Morgan fingerprint density at radius 3 is 2.00 bits per heavy atom. The molecule has 1 rings (SSSR count). The van der Waals surface area contributed by atoms with Gasteiger partial charge in [0, 0.05) is 5.56 Å². The number of rotatable bonds is 6. The Labute approximate surface area is 100 Å². The van der Waals surface area contributed by atoms with E-state index in [0.717, 1.165) is 29.5 Å². The van der Waals surface area contributed by atoms with Gasteiger partial charge in [0.15, 0.2) is 0 Å². The van der Waals surface area contributed by atoms with E-state index in [2.05, 4.69) is 39.5 Å². The summed E-state index contributed by atoms with van der Waals surface area (Å²) in [7, 11) is -1.56. The highest BCUT2D eigenvalue weighted by Gasteiger charge is 2.31. The Balaban J connectivity index is 2.77. The standard InChI is InChI=1S/C14H22OSi/c1-5-16(6-2,7-3)15-13(4)14-11-9-8-10-12-14/h8-12H,4-7H2,1-3H3.